The molecule has 0 N–H and O–H groups in total. The average Bonchev–Trinajstić information content (AvgIpc) is 2.26. The molecule has 84 valence electrons. The van der Waals surface area contributed by atoms with Gasteiger partial charge in [-0.25, -0.2) is 4.39 Å². The lowest BCUT2D eigenvalue weighted by molar-refractivity contribution is 0.322. The van der Waals surface area contributed by atoms with Crippen LogP contribution in [0.4, 0.5) is 4.39 Å². The van der Waals surface area contributed by atoms with E-state index in [0.29, 0.717) is 21.6 Å². The molecule has 0 aliphatic carbocycles. The van der Waals surface area contributed by atoms with Crippen molar-refractivity contribution < 1.29 is 9.13 Å². The van der Waals surface area contributed by atoms with Crippen LogP contribution in [0.15, 0.2) is 22.8 Å². The van der Waals surface area contributed by atoms with Gasteiger partial charge in [-0.3, -0.25) is 4.98 Å². The van der Waals surface area contributed by atoms with Crippen LogP contribution in [0.1, 0.15) is 6.92 Å². The van der Waals surface area contributed by atoms with Crippen LogP contribution in [-0.2, 0) is 0 Å². The molecular formula is C11H8BrClFNO. The van der Waals surface area contributed by atoms with Crippen LogP contribution in [0, 0.1) is 5.82 Å². The summed E-state index contributed by atoms with van der Waals surface area (Å²) in [6.07, 6.45) is 1.48. The second-order valence-corrected chi connectivity index (χ2v) is 4.35. The van der Waals surface area contributed by atoms with Gasteiger partial charge in [0, 0.05) is 22.1 Å². The number of hydrogen-bond acceptors (Lipinski definition) is 2. The van der Waals surface area contributed by atoms with Gasteiger partial charge in [-0.15, -0.1) is 0 Å². The van der Waals surface area contributed by atoms with Crippen LogP contribution >= 0.6 is 27.5 Å². The molecule has 0 bridgehead atoms. The summed E-state index contributed by atoms with van der Waals surface area (Å²) in [5.74, 6) is -0.212. The van der Waals surface area contributed by atoms with Gasteiger partial charge in [0.2, 0.25) is 0 Å². The predicted octanol–water partition coefficient (Wildman–Crippen LogP) is 4.19. The van der Waals surface area contributed by atoms with Crippen molar-refractivity contribution in [2.75, 3.05) is 6.61 Å². The molecule has 0 amide bonds. The van der Waals surface area contributed by atoms with Crippen LogP contribution in [0.2, 0.25) is 5.02 Å². The summed E-state index contributed by atoms with van der Waals surface area (Å²) in [6.45, 7) is 2.21. The highest BCUT2D eigenvalue weighted by Gasteiger charge is 2.10. The first kappa shape index (κ1) is 11.6. The fourth-order valence-electron chi connectivity index (χ4n) is 1.40. The average molecular weight is 305 g/mol. The van der Waals surface area contributed by atoms with E-state index in [1.54, 1.807) is 13.0 Å². The SMILES string of the molecule is CCOc1cc2c(Br)c(Cl)cnc2cc1F. The van der Waals surface area contributed by atoms with Gasteiger partial charge in [0.25, 0.3) is 0 Å². The number of aromatic nitrogens is 1. The summed E-state index contributed by atoms with van der Waals surface area (Å²) in [5.41, 5.74) is 0.539. The minimum Gasteiger partial charge on any atom is -0.491 e. The Hall–Kier alpha value is -0.870. The standard InChI is InChI=1S/C11H8BrClFNO/c1-2-16-10-3-6-9(4-8(10)14)15-5-7(13)11(6)12/h3-5H,2H2,1H3. The zero-order valence-electron chi connectivity index (χ0n) is 8.43. The van der Waals surface area contributed by atoms with E-state index in [4.69, 9.17) is 16.3 Å². The summed E-state index contributed by atoms with van der Waals surface area (Å²) >= 11 is 9.25. The van der Waals surface area contributed by atoms with Gasteiger partial charge in [-0.2, -0.15) is 0 Å². The molecule has 2 aromatic rings. The molecule has 1 aromatic carbocycles. The first-order valence-corrected chi connectivity index (χ1v) is 5.86. The predicted molar refractivity (Wildman–Crippen MR) is 65.6 cm³/mol. The Kier molecular flexibility index (Phi) is 3.30. The summed E-state index contributed by atoms with van der Waals surface area (Å²) in [6, 6.07) is 2.93. The van der Waals surface area contributed by atoms with Crippen LogP contribution < -0.4 is 4.74 Å². The van der Waals surface area contributed by atoms with Crippen molar-refractivity contribution in [3.05, 3.63) is 33.6 Å². The quantitative estimate of drug-likeness (QED) is 0.830. The smallest absolute Gasteiger partial charge is 0.167 e. The highest BCUT2D eigenvalue weighted by atomic mass is 79.9. The van der Waals surface area contributed by atoms with E-state index in [1.807, 2.05) is 0 Å². The summed E-state index contributed by atoms with van der Waals surface area (Å²) < 4.78 is 19.4. The zero-order chi connectivity index (χ0) is 11.7. The van der Waals surface area contributed by atoms with Crippen molar-refractivity contribution in [2.45, 2.75) is 6.92 Å². The van der Waals surface area contributed by atoms with Crippen molar-refractivity contribution in [2.24, 2.45) is 0 Å². The molecule has 2 rings (SSSR count). The Morgan fingerprint density at radius 2 is 2.25 bits per heavy atom. The molecule has 0 fully saturated rings. The van der Waals surface area contributed by atoms with Gasteiger partial charge < -0.3 is 4.74 Å². The number of ether oxygens (including phenoxy) is 1. The minimum atomic E-state index is -0.420. The molecular weight excluding hydrogens is 296 g/mol. The van der Waals surface area contributed by atoms with E-state index in [9.17, 15) is 4.39 Å². The van der Waals surface area contributed by atoms with Crippen LogP contribution in [0.25, 0.3) is 10.9 Å². The topological polar surface area (TPSA) is 22.1 Å². The van der Waals surface area contributed by atoms with Gasteiger partial charge in [-0.05, 0) is 28.9 Å². The van der Waals surface area contributed by atoms with Crippen molar-refractivity contribution in [3.63, 3.8) is 0 Å². The van der Waals surface area contributed by atoms with E-state index in [0.717, 1.165) is 5.39 Å². The van der Waals surface area contributed by atoms with Crippen LogP contribution in [-0.4, -0.2) is 11.6 Å². The highest BCUT2D eigenvalue weighted by molar-refractivity contribution is 9.10. The Labute approximate surface area is 106 Å². The second kappa shape index (κ2) is 4.55. The van der Waals surface area contributed by atoms with E-state index in [1.165, 1.54) is 12.3 Å². The Bertz CT molecular complexity index is 547. The molecule has 0 atom stereocenters. The first-order chi connectivity index (χ1) is 7.63. The molecule has 1 heterocycles. The largest absolute Gasteiger partial charge is 0.491 e. The molecule has 0 spiro atoms. The summed E-state index contributed by atoms with van der Waals surface area (Å²) in [5, 5.41) is 1.22. The molecule has 0 aliphatic rings. The molecule has 0 aliphatic heterocycles. The number of pyridine rings is 1. The van der Waals surface area contributed by atoms with Crippen molar-refractivity contribution in [1.82, 2.24) is 4.98 Å². The lowest BCUT2D eigenvalue weighted by atomic mass is 10.2. The number of nitrogens with zero attached hydrogens (tertiary/aromatic N) is 1. The third kappa shape index (κ3) is 1.99. The summed E-state index contributed by atoms with van der Waals surface area (Å²) in [7, 11) is 0. The molecule has 16 heavy (non-hydrogen) atoms. The Morgan fingerprint density at radius 3 is 2.94 bits per heavy atom. The number of benzene rings is 1. The third-order valence-corrected chi connectivity index (χ3v) is 3.48. The number of hydrogen-bond donors (Lipinski definition) is 0. The van der Waals surface area contributed by atoms with Gasteiger partial charge in [0.05, 0.1) is 17.1 Å². The fourth-order valence-corrected chi connectivity index (χ4v) is 1.97. The second-order valence-electron chi connectivity index (χ2n) is 3.15. The zero-order valence-corrected chi connectivity index (χ0v) is 10.8. The van der Waals surface area contributed by atoms with E-state index in [2.05, 4.69) is 20.9 Å². The van der Waals surface area contributed by atoms with Gasteiger partial charge in [-0.1, -0.05) is 11.6 Å². The normalized spacial score (nSPS) is 10.8. The number of fused-ring (bicyclic) bond motifs is 1. The maximum Gasteiger partial charge on any atom is 0.167 e. The van der Waals surface area contributed by atoms with Gasteiger partial charge in [0.15, 0.2) is 11.6 Å². The van der Waals surface area contributed by atoms with E-state index >= 15 is 0 Å². The van der Waals surface area contributed by atoms with Crippen molar-refractivity contribution in [1.29, 1.82) is 0 Å². The molecule has 0 unspecified atom stereocenters. The molecule has 0 saturated carbocycles. The van der Waals surface area contributed by atoms with Gasteiger partial charge in [0.1, 0.15) is 0 Å². The Balaban J connectivity index is 2.70. The summed E-state index contributed by atoms with van der Waals surface area (Å²) in [4.78, 5) is 4.05. The van der Waals surface area contributed by atoms with Crippen LogP contribution in [0.5, 0.6) is 5.75 Å². The molecule has 1 aromatic heterocycles. The van der Waals surface area contributed by atoms with Crippen LogP contribution in [0.3, 0.4) is 0 Å². The maximum atomic E-state index is 13.5. The molecule has 0 radical (unpaired) electrons. The molecule has 0 saturated heterocycles. The third-order valence-electron chi connectivity index (χ3n) is 2.11. The fraction of sp³-hybridized carbons (Fsp3) is 0.182. The highest BCUT2D eigenvalue weighted by Crippen LogP contribution is 2.33. The maximum absolute atomic E-state index is 13.5. The number of halogens is 3. The molecule has 5 heteroatoms. The number of rotatable bonds is 2. The lowest BCUT2D eigenvalue weighted by Gasteiger charge is -2.07. The van der Waals surface area contributed by atoms with Gasteiger partial charge >= 0.3 is 0 Å². The van der Waals surface area contributed by atoms with E-state index < -0.39 is 5.82 Å². The monoisotopic (exact) mass is 303 g/mol. The molecule has 2 nitrogen and oxygen atoms in total. The first-order valence-electron chi connectivity index (χ1n) is 4.69. The van der Waals surface area contributed by atoms with Crippen molar-refractivity contribution in [3.8, 4) is 5.75 Å². The van der Waals surface area contributed by atoms with Crippen molar-refractivity contribution >= 4 is 38.4 Å². The lowest BCUT2D eigenvalue weighted by Crippen LogP contribution is -1.95. The Morgan fingerprint density at radius 1 is 1.50 bits per heavy atom. The minimum absolute atomic E-state index is 0.208. The van der Waals surface area contributed by atoms with E-state index in [-0.39, 0.29) is 5.75 Å².